The zero-order valence-electron chi connectivity index (χ0n) is 10.3. The molecular formula is C12H10BrFN2O4. The molecule has 8 heteroatoms. The van der Waals surface area contributed by atoms with E-state index in [1.54, 1.807) is 6.92 Å². The Morgan fingerprint density at radius 1 is 1.55 bits per heavy atom. The van der Waals surface area contributed by atoms with Crippen LogP contribution in [0.4, 0.5) is 10.1 Å². The van der Waals surface area contributed by atoms with Gasteiger partial charge < -0.3 is 15.3 Å². The molecule has 0 aromatic heterocycles. The molecule has 1 aliphatic rings. The normalized spacial score (nSPS) is 17.4. The molecule has 6 nitrogen and oxygen atoms in total. The largest absolute Gasteiger partial charge is 0.477 e. The molecule has 1 amide bonds. The molecule has 0 saturated heterocycles. The highest BCUT2D eigenvalue weighted by Gasteiger charge is 2.31. The van der Waals surface area contributed by atoms with Crippen LogP contribution in [0.15, 0.2) is 21.8 Å². The Hall–Kier alpha value is -1.96. The van der Waals surface area contributed by atoms with Gasteiger partial charge in [-0.15, -0.1) is 0 Å². The third kappa shape index (κ3) is 2.96. The highest BCUT2D eigenvalue weighted by molar-refractivity contribution is 9.10. The summed E-state index contributed by atoms with van der Waals surface area (Å²) in [6.07, 6.45) is -1.10. The molecule has 0 fully saturated rings. The third-order valence-electron chi connectivity index (χ3n) is 2.73. The van der Waals surface area contributed by atoms with Crippen molar-refractivity contribution in [1.29, 1.82) is 0 Å². The first kappa shape index (κ1) is 14.4. The summed E-state index contributed by atoms with van der Waals surface area (Å²) in [5, 5.41) is 14.6. The van der Waals surface area contributed by atoms with Crippen molar-refractivity contribution in [2.75, 3.05) is 5.32 Å². The number of nitrogens with one attached hydrogen (secondary N) is 1. The van der Waals surface area contributed by atoms with E-state index in [4.69, 9.17) is 9.94 Å². The fourth-order valence-electron chi connectivity index (χ4n) is 1.64. The zero-order chi connectivity index (χ0) is 14.9. The lowest BCUT2D eigenvalue weighted by Crippen LogP contribution is -2.29. The number of carboxylic acids is 1. The van der Waals surface area contributed by atoms with E-state index in [0.29, 0.717) is 11.3 Å². The van der Waals surface area contributed by atoms with Crippen molar-refractivity contribution in [1.82, 2.24) is 0 Å². The summed E-state index contributed by atoms with van der Waals surface area (Å²) in [6.45, 7) is 1.64. The predicted octanol–water partition coefficient (Wildman–Crippen LogP) is 2.06. The number of carboxylic acid groups (broad SMARTS) is 1. The van der Waals surface area contributed by atoms with Crippen molar-refractivity contribution in [3.8, 4) is 0 Å². The van der Waals surface area contributed by atoms with Crippen molar-refractivity contribution in [2.24, 2.45) is 5.16 Å². The highest BCUT2D eigenvalue weighted by Crippen LogP contribution is 2.25. The summed E-state index contributed by atoms with van der Waals surface area (Å²) >= 11 is 3.02. The van der Waals surface area contributed by atoms with Crippen LogP contribution in [0.3, 0.4) is 0 Å². The number of carbonyl (C=O) groups excluding carboxylic acids is 1. The van der Waals surface area contributed by atoms with E-state index in [1.165, 1.54) is 12.1 Å². The number of aryl methyl sites for hydroxylation is 1. The quantitative estimate of drug-likeness (QED) is 0.878. The molecule has 1 atom stereocenters. The van der Waals surface area contributed by atoms with Gasteiger partial charge in [0, 0.05) is 12.1 Å². The number of anilines is 1. The van der Waals surface area contributed by atoms with Crippen LogP contribution in [0, 0.1) is 12.7 Å². The Kier molecular flexibility index (Phi) is 4.03. The zero-order valence-corrected chi connectivity index (χ0v) is 11.9. The Morgan fingerprint density at radius 3 is 2.85 bits per heavy atom. The van der Waals surface area contributed by atoms with Crippen molar-refractivity contribution >= 4 is 39.2 Å². The second-order valence-corrected chi connectivity index (χ2v) is 5.07. The number of nitrogens with zero attached hydrogens (tertiary/aromatic N) is 1. The van der Waals surface area contributed by atoms with Gasteiger partial charge in [-0.05, 0) is 40.5 Å². The average Bonchev–Trinajstić information content (AvgIpc) is 2.85. The van der Waals surface area contributed by atoms with E-state index in [0.717, 1.165) is 0 Å². The van der Waals surface area contributed by atoms with Gasteiger partial charge in [-0.3, -0.25) is 4.79 Å². The maximum atomic E-state index is 13.3. The minimum Gasteiger partial charge on any atom is -0.477 e. The van der Waals surface area contributed by atoms with Crippen molar-refractivity contribution in [3.63, 3.8) is 0 Å². The smallest absolute Gasteiger partial charge is 0.353 e. The maximum Gasteiger partial charge on any atom is 0.353 e. The SMILES string of the molecule is Cc1cc(F)c(Br)cc1NC(=O)C1CC(C(=O)O)=NO1. The van der Waals surface area contributed by atoms with Crippen LogP contribution >= 0.6 is 15.9 Å². The third-order valence-corrected chi connectivity index (χ3v) is 3.34. The Bertz CT molecular complexity index is 618. The number of hydrogen-bond donors (Lipinski definition) is 2. The number of oxime groups is 1. The van der Waals surface area contributed by atoms with Gasteiger partial charge in [0.25, 0.3) is 5.91 Å². The lowest BCUT2D eigenvalue weighted by molar-refractivity contribution is -0.129. The molecular weight excluding hydrogens is 335 g/mol. The summed E-state index contributed by atoms with van der Waals surface area (Å²) in [4.78, 5) is 27.4. The van der Waals surface area contributed by atoms with Crippen LogP contribution in [0.1, 0.15) is 12.0 Å². The molecule has 20 heavy (non-hydrogen) atoms. The van der Waals surface area contributed by atoms with E-state index in [-0.39, 0.29) is 16.6 Å². The first-order chi connectivity index (χ1) is 9.38. The molecule has 2 N–H and O–H groups in total. The van der Waals surface area contributed by atoms with E-state index in [9.17, 15) is 14.0 Å². The summed E-state index contributed by atoms with van der Waals surface area (Å²) in [7, 11) is 0. The van der Waals surface area contributed by atoms with E-state index >= 15 is 0 Å². The number of benzene rings is 1. The summed E-state index contributed by atoms with van der Waals surface area (Å²) < 4.78 is 13.5. The van der Waals surface area contributed by atoms with Crippen LogP contribution in [-0.2, 0) is 14.4 Å². The lowest BCUT2D eigenvalue weighted by atomic mass is 10.1. The first-order valence-corrected chi connectivity index (χ1v) is 6.40. The molecule has 1 aromatic rings. The average molecular weight is 345 g/mol. The van der Waals surface area contributed by atoms with Crippen LogP contribution in [0.2, 0.25) is 0 Å². The van der Waals surface area contributed by atoms with Crippen LogP contribution in [-0.4, -0.2) is 28.8 Å². The molecule has 1 aromatic carbocycles. The van der Waals surface area contributed by atoms with Gasteiger partial charge in [-0.1, -0.05) is 5.16 Å². The van der Waals surface area contributed by atoms with Crippen LogP contribution < -0.4 is 5.32 Å². The Balaban J connectivity index is 2.07. The molecule has 0 bridgehead atoms. The van der Waals surface area contributed by atoms with Gasteiger partial charge in [0.2, 0.25) is 6.10 Å². The molecule has 0 saturated carbocycles. The monoisotopic (exact) mass is 344 g/mol. The summed E-state index contributed by atoms with van der Waals surface area (Å²) in [5.41, 5.74) is 0.745. The fourth-order valence-corrected chi connectivity index (χ4v) is 1.98. The van der Waals surface area contributed by atoms with Gasteiger partial charge in [-0.25, -0.2) is 9.18 Å². The topological polar surface area (TPSA) is 88.0 Å². The fraction of sp³-hybridized carbons (Fsp3) is 0.250. The number of hydrogen-bond acceptors (Lipinski definition) is 4. The van der Waals surface area contributed by atoms with Gasteiger partial charge in [0.1, 0.15) is 5.82 Å². The minimum atomic E-state index is -1.22. The van der Waals surface area contributed by atoms with Crippen LogP contribution in [0.5, 0.6) is 0 Å². The predicted molar refractivity (Wildman–Crippen MR) is 72.0 cm³/mol. The van der Waals surface area contributed by atoms with Crippen molar-refractivity contribution in [2.45, 2.75) is 19.4 Å². The van der Waals surface area contributed by atoms with Gasteiger partial charge >= 0.3 is 5.97 Å². The summed E-state index contributed by atoms with van der Waals surface area (Å²) in [6, 6.07) is 2.70. The Morgan fingerprint density at radius 2 is 2.25 bits per heavy atom. The molecule has 0 radical (unpaired) electrons. The van der Waals surface area contributed by atoms with E-state index in [1.807, 2.05) is 0 Å². The molecule has 0 spiro atoms. The van der Waals surface area contributed by atoms with Crippen molar-refractivity contribution < 1.29 is 23.9 Å². The molecule has 106 valence electrons. The number of rotatable bonds is 3. The number of amides is 1. The number of carbonyl (C=O) groups is 2. The molecule has 1 unspecified atom stereocenters. The van der Waals surface area contributed by atoms with E-state index < -0.39 is 23.8 Å². The van der Waals surface area contributed by atoms with Gasteiger partial charge in [0.15, 0.2) is 5.71 Å². The Labute approximate surface area is 121 Å². The van der Waals surface area contributed by atoms with Gasteiger partial charge in [0.05, 0.1) is 4.47 Å². The van der Waals surface area contributed by atoms with Crippen molar-refractivity contribution in [3.05, 3.63) is 28.0 Å². The molecule has 1 aliphatic heterocycles. The minimum absolute atomic E-state index is 0.109. The second-order valence-electron chi connectivity index (χ2n) is 4.21. The number of aliphatic carboxylic acids is 1. The second kappa shape index (κ2) is 5.58. The van der Waals surface area contributed by atoms with E-state index in [2.05, 4.69) is 26.4 Å². The molecule has 2 rings (SSSR count). The maximum absolute atomic E-state index is 13.3. The summed E-state index contributed by atoms with van der Waals surface area (Å²) in [5.74, 6) is -2.19. The highest BCUT2D eigenvalue weighted by atomic mass is 79.9. The molecule has 1 heterocycles. The van der Waals surface area contributed by atoms with Crippen LogP contribution in [0.25, 0.3) is 0 Å². The van der Waals surface area contributed by atoms with Gasteiger partial charge in [-0.2, -0.15) is 0 Å². The number of halogens is 2. The standard InChI is InChI=1S/C12H10BrFN2O4/c1-5-2-7(14)6(13)3-8(5)15-11(17)10-4-9(12(18)19)16-20-10/h2-3,10H,4H2,1H3,(H,15,17)(H,18,19). The molecule has 0 aliphatic carbocycles. The lowest BCUT2D eigenvalue weighted by Gasteiger charge is -2.12. The first-order valence-electron chi connectivity index (χ1n) is 5.61.